The number of aryl methyl sites for hydroxylation is 1. The van der Waals surface area contributed by atoms with Gasteiger partial charge in [0.2, 0.25) is 11.7 Å². The van der Waals surface area contributed by atoms with Gasteiger partial charge >= 0.3 is 0 Å². The fourth-order valence-electron chi connectivity index (χ4n) is 2.98. The van der Waals surface area contributed by atoms with Crippen LogP contribution in [0.3, 0.4) is 0 Å². The van der Waals surface area contributed by atoms with Gasteiger partial charge < -0.3 is 13.8 Å². The molecular formula is C17H17N3O3S. The number of thiophene rings is 1. The number of carbonyl (C=O) groups excluding carboxylic acids is 1. The van der Waals surface area contributed by atoms with Gasteiger partial charge in [0.1, 0.15) is 5.76 Å². The number of rotatable bonds is 3. The van der Waals surface area contributed by atoms with E-state index in [0.29, 0.717) is 24.0 Å². The maximum Gasteiger partial charge on any atom is 0.263 e. The molecule has 4 rings (SSSR count). The Morgan fingerprint density at radius 3 is 3.04 bits per heavy atom. The van der Waals surface area contributed by atoms with Gasteiger partial charge in [-0.05, 0) is 43.3 Å². The maximum absolute atomic E-state index is 12.5. The molecule has 0 bridgehead atoms. The first-order chi connectivity index (χ1) is 11.7. The van der Waals surface area contributed by atoms with Crippen LogP contribution in [0.1, 0.15) is 40.1 Å². The van der Waals surface area contributed by atoms with Crippen LogP contribution in [-0.2, 0) is 0 Å². The largest absolute Gasteiger partial charge is 0.458 e. The highest BCUT2D eigenvalue weighted by Crippen LogP contribution is 2.29. The van der Waals surface area contributed by atoms with Crippen molar-refractivity contribution < 1.29 is 13.7 Å². The van der Waals surface area contributed by atoms with Crippen molar-refractivity contribution in [2.24, 2.45) is 0 Å². The van der Waals surface area contributed by atoms with Gasteiger partial charge in [0, 0.05) is 13.1 Å². The summed E-state index contributed by atoms with van der Waals surface area (Å²) in [7, 11) is 0. The average molecular weight is 343 g/mol. The van der Waals surface area contributed by atoms with Crippen LogP contribution in [0, 0.1) is 6.92 Å². The Morgan fingerprint density at radius 2 is 2.29 bits per heavy atom. The highest BCUT2D eigenvalue weighted by atomic mass is 32.1. The molecule has 124 valence electrons. The summed E-state index contributed by atoms with van der Waals surface area (Å²) in [6.45, 7) is 3.25. The first-order valence-electron chi connectivity index (χ1n) is 7.94. The van der Waals surface area contributed by atoms with Crippen molar-refractivity contribution in [1.82, 2.24) is 15.0 Å². The molecule has 3 aromatic heterocycles. The fourth-order valence-corrected chi connectivity index (χ4v) is 3.67. The normalized spacial score (nSPS) is 18.0. The van der Waals surface area contributed by atoms with Gasteiger partial charge in [-0.2, -0.15) is 4.98 Å². The molecule has 4 heterocycles. The van der Waals surface area contributed by atoms with Gasteiger partial charge in [0.05, 0.1) is 10.8 Å². The lowest BCUT2D eigenvalue weighted by Crippen LogP contribution is -2.38. The van der Waals surface area contributed by atoms with Crippen molar-refractivity contribution in [1.29, 1.82) is 0 Å². The summed E-state index contributed by atoms with van der Waals surface area (Å²) < 4.78 is 11.0. The van der Waals surface area contributed by atoms with Crippen LogP contribution >= 0.6 is 11.3 Å². The molecule has 0 N–H and O–H groups in total. The zero-order valence-corrected chi connectivity index (χ0v) is 14.1. The second-order valence-electron chi connectivity index (χ2n) is 5.93. The van der Waals surface area contributed by atoms with E-state index < -0.39 is 0 Å². The summed E-state index contributed by atoms with van der Waals surface area (Å²) in [5, 5.41) is 5.93. The van der Waals surface area contributed by atoms with E-state index in [1.54, 1.807) is 0 Å². The van der Waals surface area contributed by atoms with Crippen LogP contribution in [-0.4, -0.2) is 34.0 Å². The summed E-state index contributed by atoms with van der Waals surface area (Å²) in [5.41, 5.74) is 0. The van der Waals surface area contributed by atoms with Gasteiger partial charge in [-0.1, -0.05) is 11.2 Å². The molecule has 0 saturated carbocycles. The topological polar surface area (TPSA) is 72.4 Å². The van der Waals surface area contributed by atoms with Crippen LogP contribution in [0.25, 0.3) is 11.6 Å². The highest BCUT2D eigenvalue weighted by molar-refractivity contribution is 7.12. The summed E-state index contributed by atoms with van der Waals surface area (Å²) in [5.74, 6) is 2.59. The lowest BCUT2D eigenvalue weighted by Gasteiger charge is -2.30. The van der Waals surface area contributed by atoms with Gasteiger partial charge in [-0.15, -0.1) is 11.3 Å². The Bertz CT molecular complexity index is 837. The maximum atomic E-state index is 12.5. The Balaban J connectivity index is 1.50. The van der Waals surface area contributed by atoms with Gasteiger partial charge in [-0.3, -0.25) is 4.79 Å². The standard InChI is InChI=1S/C17H17N3O3S/c1-11-6-7-13(22-11)15-18-16(23-19-15)12-4-2-8-20(10-12)17(21)14-5-3-9-24-14/h3,5-7,9,12H,2,4,8,10H2,1H3. The SMILES string of the molecule is Cc1ccc(-c2noc(C3CCCN(C(=O)c4cccs4)C3)n2)o1. The second kappa shape index (κ2) is 6.24. The Labute approximate surface area is 143 Å². The van der Waals surface area contributed by atoms with Gasteiger partial charge in [0.15, 0.2) is 5.76 Å². The molecule has 1 unspecified atom stereocenters. The zero-order chi connectivity index (χ0) is 16.5. The Morgan fingerprint density at radius 1 is 1.38 bits per heavy atom. The van der Waals surface area contributed by atoms with Gasteiger partial charge in [-0.25, -0.2) is 0 Å². The molecule has 1 atom stereocenters. The number of nitrogens with zero attached hydrogens (tertiary/aromatic N) is 3. The molecule has 3 aromatic rings. The second-order valence-corrected chi connectivity index (χ2v) is 6.88. The van der Waals surface area contributed by atoms with E-state index in [4.69, 9.17) is 8.94 Å². The van der Waals surface area contributed by atoms with E-state index in [-0.39, 0.29) is 11.8 Å². The number of hydrogen-bond donors (Lipinski definition) is 0. The third kappa shape index (κ3) is 2.87. The van der Waals surface area contributed by atoms with Crippen molar-refractivity contribution in [3.63, 3.8) is 0 Å². The minimum absolute atomic E-state index is 0.0694. The average Bonchev–Trinajstić information content (AvgIpc) is 3.35. The fraction of sp³-hybridized carbons (Fsp3) is 0.353. The molecule has 0 radical (unpaired) electrons. The first-order valence-corrected chi connectivity index (χ1v) is 8.82. The molecule has 0 spiro atoms. The number of furan rings is 1. The van der Waals surface area contributed by atoms with Gasteiger partial charge in [0.25, 0.3) is 5.91 Å². The lowest BCUT2D eigenvalue weighted by molar-refractivity contribution is 0.0700. The molecule has 1 saturated heterocycles. The van der Waals surface area contributed by atoms with E-state index in [0.717, 1.165) is 30.0 Å². The molecule has 1 fully saturated rings. The minimum atomic E-state index is 0.0694. The summed E-state index contributed by atoms with van der Waals surface area (Å²) >= 11 is 1.47. The number of likely N-dealkylation sites (tertiary alicyclic amines) is 1. The predicted molar refractivity (Wildman–Crippen MR) is 88.9 cm³/mol. The van der Waals surface area contributed by atoms with Crippen LogP contribution in [0.2, 0.25) is 0 Å². The van der Waals surface area contributed by atoms with E-state index >= 15 is 0 Å². The van der Waals surface area contributed by atoms with Crippen LogP contribution < -0.4 is 0 Å². The summed E-state index contributed by atoms with van der Waals surface area (Å²) in [6.07, 6.45) is 1.87. The third-order valence-corrected chi connectivity index (χ3v) is 5.05. The molecule has 0 aromatic carbocycles. The van der Waals surface area contributed by atoms with Crippen molar-refractivity contribution in [2.75, 3.05) is 13.1 Å². The van der Waals surface area contributed by atoms with Crippen molar-refractivity contribution in [3.05, 3.63) is 46.2 Å². The first kappa shape index (κ1) is 15.1. The number of hydrogen-bond acceptors (Lipinski definition) is 6. The van der Waals surface area contributed by atoms with Crippen molar-refractivity contribution in [3.8, 4) is 11.6 Å². The van der Waals surface area contributed by atoms with Crippen LogP contribution in [0.5, 0.6) is 0 Å². The number of aromatic nitrogens is 2. The lowest BCUT2D eigenvalue weighted by atomic mass is 9.98. The van der Waals surface area contributed by atoms with E-state index in [2.05, 4.69) is 10.1 Å². The Hall–Kier alpha value is -2.41. The monoisotopic (exact) mass is 343 g/mol. The zero-order valence-electron chi connectivity index (χ0n) is 13.3. The highest BCUT2D eigenvalue weighted by Gasteiger charge is 2.29. The van der Waals surface area contributed by atoms with Crippen molar-refractivity contribution in [2.45, 2.75) is 25.7 Å². The smallest absolute Gasteiger partial charge is 0.263 e. The van der Waals surface area contributed by atoms with E-state index in [1.807, 2.05) is 41.5 Å². The predicted octanol–water partition coefficient (Wildman–Crippen LogP) is 3.72. The van der Waals surface area contributed by atoms with Crippen LogP contribution in [0.4, 0.5) is 0 Å². The number of carbonyl (C=O) groups is 1. The third-order valence-electron chi connectivity index (χ3n) is 4.19. The molecule has 1 aliphatic rings. The Kier molecular flexibility index (Phi) is 3.93. The molecule has 0 aliphatic carbocycles. The van der Waals surface area contributed by atoms with Crippen molar-refractivity contribution >= 4 is 17.2 Å². The molecule has 1 amide bonds. The number of piperidine rings is 1. The van der Waals surface area contributed by atoms with E-state index in [9.17, 15) is 4.79 Å². The quantitative estimate of drug-likeness (QED) is 0.725. The van der Waals surface area contributed by atoms with Crippen LogP contribution in [0.15, 0.2) is 38.6 Å². The minimum Gasteiger partial charge on any atom is -0.458 e. The molecule has 24 heavy (non-hydrogen) atoms. The molecule has 1 aliphatic heterocycles. The molecule has 7 heteroatoms. The number of amides is 1. The molecule has 6 nitrogen and oxygen atoms in total. The molecular weight excluding hydrogens is 326 g/mol. The summed E-state index contributed by atoms with van der Waals surface area (Å²) in [4.78, 5) is 19.6. The summed E-state index contributed by atoms with van der Waals surface area (Å²) in [6, 6.07) is 7.46. The van der Waals surface area contributed by atoms with E-state index in [1.165, 1.54) is 11.3 Å².